The fourth-order valence-electron chi connectivity index (χ4n) is 4.47. The maximum absolute atomic E-state index is 13.8. The van der Waals surface area contributed by atoms with Crippen LogP contribution in [0.5, 0.6) is 0 Å². The molecule has 0 saturated carbocycles. The molecule has 0 spiro atoms. The van der Waals surface area contributed by atoms with Gasteiger partial charge in [-0.1, -0.05) is 30.2 Å². The average Bonchev–Trinajstić information content (AvgIpc) is 3.30. The van der Waals surface area contributed by atoms with Crippen LogP contribution in [0.15, 0.2) is 37.0 Å². The van der Waals surface area contributed by atoms with E-state index >= 15 is 0 Å². The van der Waals surface area contributed by atoms with Crippen LogP contribution in [0.1, 0.15) is 73.1 Å². The van der Waals surface area contributed by atoms with E-state index in [1.807, 2.05) is 26.0 Å². The van der Waals surface area contributed by atoms with Gasteiger partial charge >= 0.3 is 12.1 Å². The van der Waals surface area contributed by atoms with Gasteiger partial charge in [-0.3, -0.25) is 9.59 Å². The number of carbonyl (C=O) groups is 4. The summed E-state index contributed by atoms with van der Waals surface area (Å²) in [6.07, 6.45) is 8.53. The molecule has 226 valence electrons. The monoisotopic (exact) mass is 563 g/mol. The molecule has 40 heavy (non-hydrogen) atoms. The molecule has 1 rings (SSSR count). The summed E-state index contributed by atoms with van der Waals surface area (Å²) in [7, 11) is 1.28. The summed E-state index contributed by atoms with van der Waals surface area (Å²) in [5, 5.41) is 5.45. The Morgan fingerprint density at radius 3 is 2.33 bits per heavy atom. The highest BCUT2D eigenvalue weighted by Gasteiger charge is 2.44. The van der Waals surface area contributed by atoms with Gasteiger partial charge in [-0.15, -0.1) is 13.2 Å². The van der Waals surface area contributed by atoms with E-state index in [0.29, 0.717) is 32.2 Å². The molecule has 10 heteroatoms. The first-order valence-electron chi connectivity index (χ1n) is 14.0. The zero-order chi connectivity index (χ0) is 30.3. The van der Waals surface area contributed by atoms with Crippen molar-refractivity contribution >= 4 is 23.9 Å². The molecule has 0 aromatic carbocycles. The zero-order valence-electron chi connectivity index (χ0n) is 25.1. The predicted molar refractivity (Wildman–Crippen MR) is 154 cm³/mol. The van der Waals surface area contributed by atoms with E-state index in [1.54, 1.807) is 26.8 Å². The highest BCUT2D eigenvalue weighted by atomic mass is 16.6. The van der Waals surface area contributed by atoms with E-state index in [9.17, 15) is 19.2 Å². The van der Waals surface area contributed by atoms with Crippen molar-refractivity contribution in [1.82, 2.24) is 15.5 Å². The van der Waals surface area contributed by atoms with E-state index in [1.165, 1.54) is 12.0 Å². The largest absolute Gasteiger partial charge is 0.467 e. The SMILES string of the molecule is C=CCCCC[C@H](NC(=O)[C@@H]1[C@@H](CC=C(C)C)CCN1C(=O)[C@H](COCC=C)NC(=O)OC(C)(C)C)C(=O)OC. The minimum Gasteiger partial charge on any atom is -0.467 e. The van der Waals surface area contributed by atoms with Crippen molar-refractivity contribution in [2.45, 2.75) is 96.9 Å². The molecule has 3 amide bonds. The number of allylic oxidation sites excluding steroid dienone is 3. The van der Waals surface area contributed by atoms with Crippen molar-refractivity contribution < 1.29 is 33.4 Å². The van der Waals surface area contributed by atoms with Crippen molar-refractivity contribution in [1.29, 1.82) is 0 Å². The van der Waals surface area contributed by atoms with Crippen molar-refractivity contribution in [2.75, 3.05) is 26.9 Å². The summed E-state index contributed by atoms with van der Waals surface area (Å²) >= 11 is 0. The van der Waals surface area contributed by atoms with Crippen molar-refractivity contribution in [3.63, 3.8) is 0 Å². The lowest BCUT2D eigenvalue weighted by atomic mass is 9.94. The van der Waals surface area contributed by atoms with Crippen LogP contribution in [0, 0.1) is 5.92 Å². The summed E-state index contributed by atoms with van der Waals surface area (Å²) in [6.45, 7) is 16.8. The molecule has 4 atom stereocenters. The Hall–Kier alpha value is -3.14. The number of methoxy groups -OCH3 is 1. The van der Waals surface area contributed by atoms with Crippen LogP contribution < -0.4 is 10.6 Å². The molecule has 10 nitrogen and oxygen atoms in total. The Kier molecular flexibility index (Phi) is 15.3. The Morgan fingerprint density at radius 2 is 1.75 bits per heavy atom. The van der Waals surface area contributed by atoms with Gasteiger partial charge in [0.05, 0.1) is 20.3 Å². The first-order valence-corrected chi connectivity index (χ1v) is 14.0. The number of amides is 3. The number of ether oxygens (including phenoxy) is 3. The third-order valence-corrected chi connectivity index (χ3v) is 6.37. The van der Waals surface area contributed by atoms with Crippen molar-refractivity contribution in [3.8, 4) is 0 Å². The number of rotatable bonds is 16. The van der Waals surface area contributed by atoms with Crippen LogP contribution in [-0.2, 0) is 28.6 Å². The smallest absolute Gasteiger partial charge is 0.408 e. The van der Waals surface area contributed by atoms with E-state index in [-0.39, 0.29) is 19.1 Å². The number of hydrogen-bond donors (Lipinski definition) is 2. The standard InChI is InChI=1S/C30H49N3O7/c1-9-11-12-13-14-23(28(36)38-8)31-26(34)25-22(16-15-21(3)4)17-18-33(25)27(35)24(20-39-19-10-2)32-29(37)40-30(5,6)7/h9-10,15,22-25H,1-2,11-14,16-20H2,3-8H3,(H,31,34)(H,32,37)/t22-,23-,24-,25-/m0/s1. The summed E-state index contributed by atoms with van der Waals surface area (Å²) in [5.41, 5.74) is 0.334. The number of esters is 1. The molecule has 1 saturated heterocycles. The van der Waals surface area contributed by atoms with Crippen molar-refractivity contribution in [2.24, 2.45) is 5.92 Å². The van der Waals surface area contributed by atoms with E-state index < -0.39 is 47.6 Å². The average molecular weight is 564 g/mol. The minimum atomic E-state index is -1.08. The second-order valence-corrected chi connectivity index (χ2v) is 11.2. The summed E-state index contributed by atoms with van der Waals surface area (Å²) in [4.78, 5) is 54.1. The van der Waals surface area contributed by atoms with Gasteiger partial charge in [0, 0.05) is 6.54 Å². The van der Waals surface area contributed by atoms with E-state index in [4.69, 9.17) is 14.2 Å². The molecule has 2 N–H and O–H groups in total. The summed E-state index contributed by atoms with van der Waals surface area (Å²) in [5.74, 6) is -1.60. The molecule has 0 radical (unpaired) electrons. The highest BCUT2D eigenvalue weighted by molar-refractivity contribution is 5.94. The third kappa shape index (κ3) is 12.4. The Labute approximate surface area is 239 Å². The Morgan fingerprint density at radius 1 is 1.05 bits per heavy atom. The molecule has 1 aliphatic rings. The van der Waals surface area contributed by atoms with Crippen LogP contribution in [0.4, 0.5) is 4.79 Å². The molecule has 0 unspecified atom stereocenters. The van der Waals surface area contributed by atoms with E-state index in [2.05, 4.69) is 23.8 Å². The Balaban J connectivity index is 3.24. The van der Waals surface area contributed by atoms with Crippen molar-refractivity contribution in [3.05, 3.63) is 37.0 Å². The molecule has 0 aromatic heterocycles. The number of likely N-dealkylation sites (tertiary alicyclic amines) is 1. The van der Waals surface area contributed by atoms with Crippen LogP contribution in [0.2, 0.25) is 0 Å². The lowest BCUT2D eigenvalue weighted by molar-refractivity contribution is -0.147. The Bertz CT molecular complexity index is 905. The second kappa shape index (κ2) is 17.5. The summed E-state index contributed by atoms with van der Waals surface area (Å²) in [6, 6.07) is -2.76. The zero-order valence-corrected chi connectivity index (χ0v) is 25.1. The van der Waals surface area contributed by atoms with Gasteiger partial charge in [-0.05, 0) is 72.6 Å². The van der Waals surface area contributed by atoms with Gasteiger partial charge in [0.2, 0.25) is 11.8 Å². The van der Waals surface area contributed by atoms with Gasteiger partial charge in [0.1, 0.15) is 23.7 Å². The lowest BCUT2D eigenvalue weighted by Gasteiger charge is -2.32. The van der Waals surface area contributed by atoms with Gasteiger partial charge in [-0.2, -0.15) is 0 Å². The molecule has 1 fully saturated rings. The van der Waals surface area contributed by atoms with Crippen LogP contribution in [0.3, 0.4) is 0 Å². The topological polar surface area (TPSA) is 123 Å². The fraction of sp³-hybridized carbons (Fsp3) is 0.667. The molecule has 0 aromatic rings. The molecular weight excluding hydrogens is 514 g/mol. The number of nitrogens with zero attached hydrogens (tertiary/aromatic N) is 1. The van der Waals surface area contributed by atoms with Gasteiger partial charge in [-0.25, -0.2) is 9.59 Å². The summed E-state index contributed by atoms with van der Waals surface area (Å²) < 4.78 is 15.8. The van der Waals surface area contributed by atoms with Gasteiger partial charge < -0.3 is 29.7 Å². The number of nitrogens with one attached hydrogen (secondary N) is 2. The molecule has 1 aliphatic heterocycles. The highest BCUT2D eigenvalue weighted by Crippen LogP contribution is 2.29. The number of hydrogen-bond acceptors (Lipinski definition) is 7. The number of alkyl carbamates (subject to hydrolysis) is 1. The quantitative estimate of drug-likeness (QED) is 0.165. The maximum atomic E-state index is 13.8. The second-order valence-electron chi connectivity index (χ2n) is 11.2. The lowest BCUT2D eigenvalue weighted by Crippen LogP contribution is -2.58. The number of unbranched alkanes of at least 4 members (excludes halogenated alkanes) is 2. The fourth-order valence-corrected chi connectivity index (χ4v) is 4.47. The molecule has 1 heterocycles. The molecule has 0 bridgehead atoms. The minimum absolute atomic E-state index is 0.123. The molecular formula is C30H49N3O7. The maximum Gasteiger partial charge on any atom is 0.408 e. The van der Waals surface area contributed by atoms with Crippen LogP contribution in [-0.4, -0.2) is 79.4 Å². The number of carbonyl (C=O) groups excluding carboxylic acids is 4. The normalized spacial score (nSPS) is 18.2. The first kappa shape index (κ1) is 34.9. The predicted octanol–water partition coefficient (Wildman–Crippen LogP) is 4.06. The van der Waals surface area contributed by atoms with Gasteiger partial charge in [0.25, 0.3) is 0 Å². The third-order valence-electron chi connectivity index (χ3n) is 6.37. The van der Waals surface area contributed by atoms with E-state index in [0.717, 1.165) is 18.4 Å². The van der Waals surface area contributed by atoms with Crippen LogP contribution >= 0.6 is 0 Å². The van der Waals surface area contributed by atoms with Crippen LogP contribution in [0.25, 0.3) is 0 Å². The first-order chi connectivity index (χ1) is 18.8. The molecule has 0 aliphatic carbocycles. The van der Waals surface area contributed by atoms with Gasteiger partial charge in [0.15, 0.2) is 0 Å².